The van der Waals surface area contributed by atoms with Crippen LogP contribution in [0, 0.1) is 4.91 Å². The third kappa shape index (κ3) is 1.13. The van der Waals surface area contributed by atoms with Crippen molar-refractivity contribution < 1.29 is 0 Å². The minimum Gasteiger partial charge on any atom is -0.208 e. The van der Waals surface area contributed by atoms with Gasteiger partial charge in [0.15, 0.2) is 3.63 Å². The Kier molecular flexibility index (Phi) is 2.12. The summed E-state index contributed by atoms with van der Waals surface area (Å²) in [5, 5.41) is 2.83. The molecular weight excluding hydrogens is 239 g/mol. The molecule has 1 rings (SSSR count). The highest BCUT2D eigenvalue weighted by Crippen LogP contribution is 2.30. The quantitative estimate of drug-likeness (QED) is 0.400. The topological polar surface area (TPSA) is 41.8 Å². The first-order valence-corrected chi connectivity index (χ1v) is 6.30. The van der Waals surface area contributed by atoms with Gasteiger partial charge in [-0.3, -0.25) is 0 Å². The predicted octanol–water partition coefficient (Wildman–Crippen LogP) is 1.89. The van der Waals surface area contributed by atoms with Gasteiger partial charge in [0, 0.05) is 28.5 Å². The van der Waals surface area contributed by atoms with Crippen LogP contribution in [0.4, 0.5) is 0 Å². The van der Waals surface area contributed by atoms with Crippen LogP contribution in [0.25, 0.3) is 0 Å². The van der Waals surface area contributed by atoms with Gasteiger partial charge in [0.25, 0.3) is 0 Å². The summed E-state index contributed by atoms with van der Waals surface area (Å²) < 4.78 is 4.63. The molecule has 8 heavy (non-hydrogen) atoms. The van der Waals surface area contributed by atoms with Crippen LogP contribution >= 0.6 is 28.5 Å². The summed E-state index contributed by atoms with van der Waals surface area (Å²) in [6.45, 7) is 1.82. The molecule has 0 aromatic heterocycles. The Morgan fingerprint density at radius 2 is 2.62 bits per heavy atom. The summed E-state index contributed by atoms with van der Waals surface area (Å²) in [6.07, 6.45) is 0. The fourth-order valence-corrected chi connectivity index (χ4v) is 3.93. The maximum absolute atomic E-state index is 9.86. The normalized spacial score (nSPS) is 18.6. The Bertz CT molecular complexity index is 176. The molecule has 0 spiro atoms. The Morgan fingerprint density at radius 1 is 1.88 bits per heavy atom. The van der Waals surface area contributed by atoms with E-state index in [0.29, 0.717) is 3.63 Å². The number of hydrogen-bond acceptors (Lipinski definition) is 4. The van der Waals surface area contributed by atoms with E-state index in [2.05, 4.69) is 9.57 Å². The molecular formula is C3H3IN2OS. The van der Waals surface area contributed by atoms with E-state index in [1.54, 1.807) is 0 Å². The van der Waals surface area contributed by atoms with Gasteiger partial charge >= 0.3 is 0 Å². The minimum atomic E-state index is -0.214. The maximum Gasteiger partial charge on any atom is 0.169 e. The third-order valence-electron chi connectivity index (χ3n) is 0.658. The zero-order valence-electron chi connectivity index (χ0n) is 4.09. The molecule has 0 saturated carbocycles. The first kappa shape index (κ1) is 6.34. The first-order chi connectivity index (χ1) is 3.84. The number of nitroso groups, excluding NO2 is 1. The summed E-state index contributed by atoms with van der Waals surface area (Å²) in [5.74, 6) is 0. The molecule has 0 atom stereocenters. The van der Waals surface area contributed by atoms with Crippen LogP contribution in [0.15, 0.2) is 9.57 Å². The Hall–Kier alpha value is 0.220. The molecule has 0 fully saturated rings. The van der Waals surface area contributed by atoms with Crippen LogP contribution in [-0.4, -0.2) is 9.34 Å². The molecule has 3 nitrogen and oxygen atoms in total. The third-order valence-corrected chi connectivity index (χ3v) is 4.63. The monoisotopic (exact) mass is 242 g/mol. The van der Waals surface area contributed by atoms with Gasteiger partial charge in [-0.15, -0.1) is 4.91 Å². The van der Waals surface area contributed by atoms with Crippen molar-refractivity contribution in [2.45, 2.75) is 6.92 Å². The largest absolute Gasteiger partial charge is 0.208 e. The van der Waals surface area contributed by atoms with Crippen molar-refractivity contribution in [2.75, 3.05) is 0 Å². The van der Waals surface area contributed by atoms with Crippen LogP contribution in [-0.2, 0) is 0 Å². The molecule has 0 aromatic rings. The highest BCUT2D eigenvalue weighted by molar-refractivity contribution is 14.2. The first-order valence-electron chi connectivity index (χ1n) is 1.91. The number of rotatable bonds is 1. The molecule has 0 bridgehead atoms. The van der Waals surface area contributed by atoms with Gasteiger partial charge in [-0.2, -0.15) is 0 Å². The minimum absolute atomic E-state index is 0.214. The lowest BCUT2D eigenvalue weighted by Gasteiger charge is -1.79. The van der Waals surface area contributed by atoms with E-state index in [9.17, 15) is 4.91 Å². The molecule has 0 amide bonds. The molecule has 0 aromatic carbocycles. The van der Waals surface area contributed by atoms with Crippen LogP contribution in [0.5, 0.6) is 0 Å². The Labute approximate surface area is 59.3 Å². The van der Waals surface area contributed by atoms with E-state index in [-0.39, 0.29) is 19.3 Å². The molecule has 1 aliphatic heterocycles. The van der Waals surface area contributed by atoms with Crippen molar-refractivity contribution in [3.63, 3.8) is 0 Å². The molecule has 1 aliphatic rings. The van der Waals surface area contributed by atoms with Gasteiger partial charge in [-0.25, -0.2) is 4.40 Å². The van der Waals surface area contributed by atoms with Gasteiger partial charge < -0.3 is 0 Å². The zero-order valence-corrected chi connectivity index (χ0v) is 7.06. The smallest absolute Gasteiger partial charge is 0.169 e. The summed E-state index contributed by atoms with van der Waals surface area (Å²) in [7, 11) is 1.48. The number of halogens is 1. The molecule has 0 N–H and O–H groups in total. The average molecular weight is 242 g/mol. The van der Waals surface area contributed by atoms with E-state index in [1.165, 1.54) is 9.12 Å². The fraction of sp³-hybridized carbons (Fsp3) is 0.333. The SMILES string of the molecule is CC1=NSI=C1N=O. The van der Waals surface area contributed by atoms with Crippen LogP contribution in [0.3, 0.4) is 0 Å². The lowest BCUT2D eigenvalue weighted by atomic mass is 10.4. The summed E-state index contributed by atoms with van der Waals surface area (Å²) in [5.41, 5.74) is 0.817. The molecule has 0 unspecified atom stereocenters. The Morgan fingerprint density at radius 3 is 2.88 bits per heavy atom. The molecule has 0 saturated heterocycles. The zero-order chi connectivity index (χ0) is 5.98. The second-order valence-electron chi connectivity index (χ2n) is 1.20. The fourth-order valence-electron chi connectivity index (χ4n) is 0.275. The van der Waals surface area contributed by atoms with Crippen molar-refractivity contribution in [1.29, 1.82) is 0 Å². The van der Waals surface area contributed by atoms with Crippen molar-refractivity contribution >= 4 is 37.8 Å². The van der Waals surface area contributed by atoms with Crippen molar-refractivity contribution in [1.82, 2.24) is 0 Å². The Balaban J connectivity index is 2.81. The number of nitrogens with zero attached hydrogens (tertiary/aromatic N) is 2. The molecule has 44 valence electrons. The second-order valence-corrected chi connectivity index (χ2v) is 5.20. The molecule has 1 heterocycles. The van der Waals surface area contributed by atoms with E-state index in [1.807, 2.05) is 6.92 Å². The average Bonchev–Trinajstić information content (AvgIpc) is 2.14. The van der Waals surface area contributed by atoms with Crippen LogP contribution < -0.4 is 0 Å². The van der Waals surface area contributed by atoms with Crippen LogP contribution in [0.2, 0.25) is 0 Å². The highest BCUT2D eigenvalue weighted by Gasteiger charge is 2.07. The lowest BCUT2D eigenvalue weighted by molar-refractivity contribution is 1.71. The van der Waals surface area contributed by atoms with Crippen molar-refractivity contribution in [2.24, 2.45) is 9.57 Å². The van der Waals surface area contributed by atoms with Crippen molar-refractivity contribution in [3.8, 4) is 0 Å². The summed E-state index contributed by atoms with van der Waals surface area (Å²) in [6, 6.07) is 0. The van der Waals surface area contributed by atoms with Gasteiger partial charge in [0.2, 0.25) is 0 Å². The standard InChI is InChI=1S/C3H3IN2OS/c1-2-3(5-7)4-8-6-2/h1H3. The van der Waals surface area contributed by atoms with Gasteiger partial charge in [-0.05, 0) is 12.1 Å². The lowest BCUT2D eigenvalue weighted by Crippen LogP contribution is -1.98. The van der Waals surface area contributed by atoms with Crippen molar-refractivity contribution in [3.05, 3.63) is 4.91 Å². The summed E-state index contributed by atoms with van der Waals surface area (Å²) in [4.78, 5) is 9.86. The van der Waals surface area contributed by atoms with Gasteiger partial charge in [0.05, 0.1) is 5.71 Å². The number of hydrogen-bond donors (Lipinski definition) is 0. The molecule has 5 heteroatoms. The predicted molar refractivity (Wildman–Crippen MR) is 45.5 cm³/mol. The van der Waals surface area contributed by atoms with Gasteiger partial charge in [0.1, 0.15) is 0 Å². The van der Waals surface area contributed by atoms with E-state index >= 15 is 0 Å². The van der Waals surface area contributed by atoms with Gasteiger partial charge in [-0.1, -0.05) is 0 Å². The highest BCUT2D eigenvalue weighted by atomic mass is 127. The molecule has 0 aliphatic carbocycles. The second kappa shape index (κ2) is 2.67. The van der Waals surface area contributed by atoms with E-state index in [0.717, 1.165) is 5.71 Å². The maximum atomic E-state index is 9.86. The van der Waals surface area contributed by atoms with E-state index in [4.69, 9.17) is 0 Å². The van der Waals surface area contributed by atoms with E-state index < -0.39 is 0 Å². The molecule has 0 radical (unpaired) electrons. The van der Waals surface area contributed by atoms with Crippen LogP contribution in [0.1, 0.15) is 6.92 Å². The summed E-state index contributed by atoms with van der Waals surface area (Å²) >= 11 is -0.214.